The van der Waals surface area contributed by atoms with Crippen molar-refractivity contribution in [3.8, 4) is 0 Å². The number of para-hydroxylation sites is 1. The van der Waals surface area contributed by atoms with Crippen LogP contribution in [0.15, 0.2) is 83.7 Å². The SMILES string of the molecule is Cn1nc(C(=O)N2CCc3c([nH]c4ccccc34)C2c2ccccc2)c2ccccc2c1=O. The number of carbonyl (C=O) groups excluding carboxylic acids is 1. The molecule has 6 nitrogen and oxygen atoms in total. The van der Waals surface area contributed by atoms with Crippen molar-refractivity contribution in [3.05, 3.63) is 112 Å². The Morgan fingerprint density at radius 1 is 0.909 bits per heavy atom. The summed E-state index contributed by atoms with van der Waals surface area (Å²) in [6, 6.07) is 25.3. The predicted molar refractivity (Wildman–Crippen MR) is 128 cm³/mol. The molecule has 0 radical (unpaired) electrons. The quantitative estimate of drug-likeness (QED) is 0.453. The first kappa shape index (κ1) is 19.5. The van der Waals surface area contributed by atoms with Crippen molar-refractivity contribution in [2.24, 2.45) is 7.05 Å². The smallest absolute Gasteiger partial charge is 0.275 e. The van der Waals surface area contributed by atoms with Crippen LogP contribution in [0.4, 0.5) is 0 Å². The van der Waals surface area contributed by atoms with Crippen molar-refractivity contribution < 1.29 is 4.79 Å². The van der Waals surface area contributed by atoms with Gasteiger partial charge >= 0.3 is 0 Å². The zero-order valence-electron chi connectivity index (χ0n) is 18.2. The Morgan fingerprint density at radius 3 is 2.36 bits per heavy atom. The molecule has 1 atom stereocenters. The van der Waals surface area contributed by atoms with E-state index in [0.29, 0.717) is 23.0 Å². The molecule has 33 heavy (non-hydrogen) atoms. The Kier molecular flexibility index (Phi) is 4.40. The van der Waals surface area contributed by atoms with Crippen molar-refractivity contribution in [1.82, 2.24) is 19.7 Å². The van der Waals surface area contributed by atoms with Gasteiger partial charge < -0.3 is 9.88 Å². The van der Waals surface area contributed by atoms with Crippen LogP contribution in [0.3, 0.4) is 0 Å². The van der Waals surface area contributed by atoms with E-state index in [4.69, 9.17) is 0 Å². The zero-order chi connectivity index (χ0) is 22.5. The molecule has 0 saturated heterocycles. The summed E-state index contributed by atoms with van der Waals surface area (Å²) in [7, 11) is 1.59. The average Bonchev–Trinajstić information content (AvgIpc) is 3.24. The van der Waals surface area contributed by atoms with E-state index in [9.17, 15) is 9.59 Å². The number of aromatic nitrogens is 3. The van der Waals surface area contributed by atoms with Gasteiger partial charge in [0.2, 0.25) is 0 Å². The van der Waals surface area contributed by atoms with Gasteiger partial charge in [0.05, 0.1) is 11.4 Å². The number of aromatic amines is 1. The maximum atomic E-state index is 14.0. The number of aryl methyl sites for hydroxylation is 1. The maximum absolute atomic E-state index is 14.0. The second kappa shape index (κ2) is 7.45. The van der Waals surface area contributed by atoms with Gasteiger partial charge in [0.15, 0.2) is 5.69 Å². The van der Waals surface area contributed by atoms with E-state index in [1.54, 1.807) is 19.2 Å². The van der Waals surface area contributed by atoms with Crippen molar-refractivity contribution in [2.75, 3.05) is 6.54 Å². The monoisotopic (exact) mass is 434 g/mol. The second-order valence-corrected chi connectivity index (χ2v) is 8.45. The largest absolute Gasteiger partial charge is 0.356 e. The summed E-state index contributed by atoms with van der Waals surface area (Å²) in [6.07, 6.45) is 0.748. The van der Waals surface area contributed by atoms with Crippen LogP contribution < -0.4 is 5.56 Å². The summed E-state index contributed by atoms with van der Waals surface area (Å²) < 4.78 is 1.26. The van der Waals surface area contributed by atoms with Gasteiger partial charge in [0, 0.05) is 35.6 Å². The summed E-state index contributed by atoms with van der Waals surface area (Å²) >= 11 is 0. The third-order valence-corrected chi connectivity index (χ3v) is 6.57. The minimum Gasteiger partial charge on any atom is -0.356 e. The highest BCUT2D eigenvalue weighted by Gasteiger charge is 2.36. The number of benzene rings is 3. The van der Waals surface area contributed by atoms with E-state index in [1.807, 2.05) is 47.4 Å². The van der Waals surface area contributed by atoms with Crippen LogP contribution in [-0.2, 0) is 13.5 Å². The summed E-state index contributed by atoms with van der Waals surface area (Å²) in [5, 5.41) is 6.69. The van der Waals surface area contributed by atoms with Crippen molar-refractivity contribution in [3.63, 3.8) is 0 Å². The second-order valence-electron chi connectivity index (χ2n) is 8.45. The van der Waals surface area contributed by atoms with Crippen LogP contribution in [-0.4, -0.2) is 32.1 Å². The highest BCUT2D eigenvalue weighted by atomic mass is 16.2. The van der Waals surface area contributed by atoms with Gasteiger partial charge in [-0.15, -0.1) is 0 Å². The number of H-pyrrole nitrogens is 1. The standard InChI is InChI=1S/C27H22N4O2/c1-30-26(32)21-13-6-5-12-19(21)24(29-30)27(33)31-16-15-20-18-11-7-8-14-22(18)28-23(20)25(31)17-9-3-2-4-10-17/h2-14,25,28H,15-16H2,1H3. The topological polar surface area (TPSA) is 71.0 Å². The predicted octanol–water partition coefficient (Wildman–Crippen LogP) is 4.20. The first-order valence-electron chi connectivity index (χ1n) is 11.0. The highest BCUT2D eigenvalue weighted by molar-refractivity contribution is 6.05. The van der Waals surface area contributed by atoms with Crippen LogP contribution in [0, 0.1) is 0 Å². The molecule has 0 bridgehead atoms. The molecule has 1 unspecified atom stereocenters. The average molecular weight is 434 g/mol. The van der Waals surface area contributed by atoms with Crippen LogP contribution in [0.5, 0.6) is 0 Å². The molecule has 0 aliphatic carbocycles. The Balaban J connectivity index is 1.55. The third-order valence-electron chi connectivity index (χ3n) is 6.57. The van der Waals surface area contributed by atoms with Crippen molar-refractivity contribution in [1.29, 1.82) is 0 Å². The fourth-order valence-electron chi connectivity index (χ4n) is 5.04. The molecule has 0 spiro atoms. The van der Waals surface area contributed by atoms with Crippen LogP contribution >= 0.6 is 0 Å². The molecule has 6 heteroatoms. The van der Waals surface area contributed by atoms with Gasteiger partial charge in [-0.05, 0) is 29.7 Å². The molecule has 1 aliphatic heterocycles. The van der Waals surface area contributed by atoms with Gasteiger partial charge in [-0.1, -0.05) is 66.7 Å². The summed E-state index contributed by atoms with van der Waals surface area (Å²) in [6.45, 7) is 0.562. The molecule has 6 rings (SSSR count). The lowest BCUT2D eigenvalue weighted by Crippen LogP contribution is -2.41. The Morgan fingerprint density at radius 2 is 1.58 bits per heavy atom. The van der Waals surface area contributed by atoms with Crippen molar-refractivity contribution in [2.45, 2.75) is 12.5 Å². The molecule has 3 heterocycles. The molecular formula is C27H22N4O2. The Hall–Kier alpha value is -4.19. The fraction of sp³-hybridized carbons (Fsp3) is 0.148. The number of hydrogen-bond acceptors (Lipinski definition) is 3. The number of hydrogen-bond donors (Lipinski definition) is 1. The van der Waals surface area contributed by atoms with E-state index in [2.05, 4.69) is 34.3 Å². The van der Waals surface area contributed by atoms with Gasteiger partial charge in [-0.25, -0.2) is 4.68 Å². The molecule has 1 amide bonds. The Labute approximate surface area is 190 Å². The molecule has 2 aromatic heterocycles. The van der Waals surface area contributed by atoms with Crippen LogP contribution in [0.1, 0.15) is 33.4 Å². The molecule has 0 saturated carbocycles. The van der Waals surface area contributed by atoms with Crippen LogP contribution in [0.25, 0.3) is 21.7 Å². The first-order valence-corrected chi connectivity index (χ1v) is 11.0. The summed E-state index contributed by atoms with van der Waals surface area (Å²) in [5.41, 5.74) is 4.49. The number of fused-ring (bicyclic) bond motifs is 4. The minimum atomic E-state index is -0.271. The van der Waals surface area contributed by atoms with E-state index in [1.165, 1.54) is 15.6 Å². The van der Waals surface area contributed by atoms with E-state index < -0.39 is 0 Å². The lowest BCUT2D eigenvalue weighted by atomic mass is 9.92. The number of nitrogens with one attached hydrogen (secondary N) is 1. The third kappa shape index (κ3) is 2.98. The van der Waals surface area contributed by atoms with Crippen molar-refractivity contribution >= 4 is 27.6 Å². The fourth-order valence-corrected chi connectivity index (χ4v) is 5.04. The van der Waals surface area contributed by atoms with E-state index >= 15 is 0 Å². The van der Waals surface area contributed by atoms with Gasteiger partial charge in [0.1, 0.15) is 0 Å². The molecule has 1 aliphatic rings. The lowest BCUT2D eigenvalue weighted by molar-refractivity contribution is 0.0685. The molecule has 5 aromatic rings. The van der Waals surface area contributed by atoms with Crippen LogP contribution in [0.2, 0.25) is 0 Å². The van der Waals surface area contributed by atoms with E-state index in [0.717, 1.165) is 23.2 Å². The number of amides is 1. The van der Waals surface area contributed by atoms with Gasteiger partial charge in [-0.2, -0.15) is 5.10 Å². The number of carbonyl (C=O) groups is 1. The lowest BCUT2D eigenvalue weighted by Gasteiger charge is -2.36. The number of nitrogens with zero attached hydrogens (tertiary/aromatic N) is 3. The molecular weight excluding hydrogens is 412 g/mol. The summed E-state index contributed by atoms with van der Waals surface area (Å²) in [5.74, 6) is -0.181. The highest BCUT2D eigenvalue weighted by Crippen LogP contribution is 2.39. The van der Waals surface area contributed by atoms with Gasteiger partial charge in [0.25, 0.3) is 11.5 Å². The zero-order valence-corrected chi connectivity index (χ0v) is 18.2. The Bertz CT molecular complexity index is 1580. The summed E-state index contributed by atoms with van der Waals surface area (Å²) in [4.78, 5) is 32.1. The molecule has 0 fully saturated rings. The van der Waals surface area contributed by atoms with E-state index in [-0.39, 0.29) is 17.5 Å². The maximum Gasteiger partial charge on any atom is 0.275 e. The number of rotatable bonds is 2. The van der Waals surface area contributed by atoms with Gasteiger partial charge in [-0.3, -0.25) is 9.59 Å². The molecule has 3 aromatic carbocycles. The normalized spacial score (nSPS) is 15.7. The minimum absolute atomic E-state index is 0.181. The molecule has 162 valence electrons. The molecule has 1 N–H and O–H groups in total. The first-order chi connectivity index (χ1) is 16.1.